The van der Waals surface area contributed by atoms with Crippen LogP contribution in [0.5, 0.6) is 11.5 Å². The lowest BCUT2D eigenvalue weighted by Gasteiger charge is -2.16. The van der Waals surface area contributed by atoms with Crippen molar-refractivity contribution in [2.24, 2.45) is 0 Å². The van der Waals surface area contributed by atoms with Crippen molar-refractivity contribution in [2.75, 3.05) is 23.5 Å². The van der Waals surface area contributed by atoms with E-state index < -0.39 is 0 Å². The van der Waals surface area contributed by atoms with E-state index in [4.69, 9.17) is 9.47 Å². The van der Waals surface area contributed by atoms with Crippen molar-refractivity contribution in [1.29, 1.82) is 0 Å². The molecule has 180 valence electrons. The Hall–Kier alpha value is -3.53. The summed E-state index contributed by atoms with van der Waals surface area (Å²) in [5.74, 6) is 2.02. The van der Waals surface area contributed by atoms with Crippen LogP contribution in [0.25, 0.3) is 0 Å². The van der Waals surface area contributed by atoms with Crippen LogP contribution in [-0.4, -0.2) is 39.4 Å². The third-order valence-electron chi connectivity index (χ3n) is 4.95. The number of hydrogen-bond donors (Lipinski definition) is 2. The maximum absolute atomic E-state index is 12.5. The molecule has 0 bridgehead atoms. The number of carbonyl (C=O) groups is 2. The normalized spacial score (nSPS) is 11.6. The van der Waals surface area contributed by atoms with Crippen LogP contribution in [0, 0.1) is 6.92 Å². The Morgan fingerprint density at radius 2 is 1.79 bits per heavy atom. The predicted octanol–water partition coefficient (Wildman–Crippen LogP) is 4.44. The number of rotatable bonds is 10. The van der Waals surface area contributed by atoms with Crippen molar-refractivity contribution in [2.45, 2.75) is 45.5 Å². The van der Waals surface area contributed by atoms with E-state index in [9.17, 15) is 9.59 Å². The molecule has 0 saturated carbocycles. The number of methoxy groups -OCH3 is 1. The second-order valence-electron chi connectivity index (χ2n) is 7.57. The molecule has 0 aliphatic heterocycles. The maximum Gasteiger partial charge on any atom is 0.234 e. The van der Waals surface area contributed by atoms with Crippen molar-refractivity contribution >= 4 is 35.0 Å². The quantitative estimate of drug-likeness (QED) is 0.410. The van der Waals surface area contributed by atoms with Gasteiger partial charge in [-0.2, -0.15) is 0 Å². The minimum absolute atomic E-state index is 0.139. The minimum Gasteiger partial charge on any atom is -0.497 e. The minimum atomic E-state index is -0.325. The Labute approximate surface area is 203 Å². The monoisotopic (exact) mass is 483 g/mol. The Morgan fingerprint density at radius 1 is 1.09 bits per heavy atom. The van der Waals surface area contributed by atoms with Crippen LogP contribution in [0.4, 0.5) is 11.4 Å². The number of ether oxygens (including phenoxy) is 2. The van der Waals surface area contributed by atoms with E-state index in [2.05, 4.69) is 20.8 Å². The van der Waals surface area contributed by atoms with Gasteiger partial charge in [0, 0.05) is 24.8 Å². The van der Waals surface area contributed by atoms with Crippen molar-refractivity contribution in [1.82, 2.24) is 14.8 Å². The number of aryl methyl sites for hydroxylation is 1. The van der Waals surface area contributed by atoms with Crippen molar-refractivity contribution in [3.63, 3.8) is 0 Å². The van der Waals surface area contributed by atoms with Gasteiger partial charge in [0.1, 0.15) is 11.5 Å². The molecule has 1 heterocycles. The van der Waals surface area contributed by atoms with E-state index in [-0.39, 0.29) is 23.7 Å². The van der Waals surface area contributed by atoms with Gasteiger partial charge in [0.2, 0.25) is 11.8 Å². The van der Waals surface area contributed by atoms with E-state index in [1.807, 2.05) is 55.7 Å². The summed E-state index contributed by atoms with van der Waals surface area (Å²) in [6, 6.07) is 12.7. The largest absolute Gasteiger partial charge is 0.497 e. The number of anilines is 2. The van der Waals surface area contributed by atoms with E-state index in [1.54, 1.807) is 19.2 Å². The molecule has 0 fully saturated rings. The molecule has 10 heteroatoms. The van der Waals surface area contributed by atoms with Gasteiger partial charge in [0.15, 0.2) is 17.1 Å². The van der Waals surface area contributed by atoms with Gasteiger partial charge in [-0.05, 0) is 68.8 Å². The molecule has 0 saturated heterocycles. The Morgan fingerprint density at radius 3 is 2.41 bits per heavy atom. The summed E-state index contributed by atoms with van der Waals surface area (Å²) in [4.78, 5) is 23.7. The lowest BCUT2D eigenvalue weighted by Crippen LogP contribution is -2.16. The molecule has 0 radical (unpaired) electrons. The number of aromatic nitrogens is 3. The first-order valence-electron chi connectivity index (χ1n) is 10.8. The third kappa shape index (κ3) is 6.50. The molecule has 34 heavy (non-hydrogen) atoms. The molecular weight excluding hydrogens is 454 g/mol. The Bertz CT molecular complexity index is 1150. The molecule has 2 N–H and O–H groups in total. The van der Waals surface area contributed by atoms with Crippen molar-refractivity contribution < 1.29 is 19.1 Å². The van der Waals surface area contributed by atoms with Crippen molar-refractivity contribution in [3.05, 3.63) is 53.9 Å². The van der Waals surface area contributed by atoms with Crippen LogP contribution in [0.1, 0.15) is 38.3 Å². The summed E-state index contributed by atoms with van der Waals surface area (Å²) in [7, 11) is 1.62. The van der Waals surface area contributed by atoms with E-state index in [0.717, 1.165) is 17.0 Å². The summed E-state index contributed by atoms with van der Waals surface area (Å²) in [6.45, 7) is 7.88. The first-order valence-corrected chi connectivity index (χ1v) is 11.8. The molecule has 3 aromatic rings. The zero-order chi connectivity index (χ0) is 24.7. The van der Waals surface area contributed by atoms with Crippen LogP contribution in [-0.2, 0) is 16.1 Å². The van der Waals surface area contributed by atoms with Crippen LogP contribution in [0.15, 0.2) is 47.6 Å². The zero-order valence-electron chi connectivity index (χ0n) is 19.9. The van der Waals surface area contributed by atoms with Crippen molar-refractivity contribution in [3.8, 4) is 11.5 Å². The number of hydrogen-bond acceptors (Lipinski definition) is 7. The van der Waals surface area contributed by atoms with Gasteiger partial charge in [-0.1, -0.05) is 11.8 Å². The maximum atomic E-state index is 12.5. The highest BCUT2D eigenvalue weighted by Crippen LogP contribution is 2.26. The van der Waals surface area contributed by atoms with Gasteiger partial charge in [-0.3, -0.25) is 9.59 Å². The topological polar surface area (TPSA) is 107 Å². The van der Waals surface area contributed by atoms with Gasteiger partial charge in [-0.15, -0.1) is 10.2 Å². The lowest BCUT2D eigenvalue weighted by atomic mass is 10.1. The molecule has 1 aromatic heterocycles. The first-order chi connectivity index (χ1) is 16.3. The lowest BCUT2D eigenvalue weighted by molar-refractivity contribution is -0.114. The molecule has 1 atom stereocenters. The molecule has 3 rings (SSSR count). The van der Waals surface area contributed by atoms with Crippen LogP contribution in [0.2, 0.25) is 0 Å². The number of amides is 2. The zero-order valence-corrected chi connectivity index (χ0v) is 20.7. The average molecular weight is 484 g/mol. The number of nitrogens with zero attached hydrogens (tertiary/aromatic N) is 3. The van der Waals surface area contributed by atoms with Gasteiger partial charge in [0.05, 0.1) is 12.9 Å². The fourth-order valence-corrected chi connectivity index (χ4v) is 4.12. The standard InChI is InChI=1S/C24H29N5O4S/c1-6-29-23(16(3)33-20-10-8-19(32-5)9-11-20)27-28-24(29)34-14-22(31)26-18-7-12-21(15(2)13-18)25-17(4)30/h7-13,16H,6,14H2,1-5H3,(H,25,30)(H,26,31). The smallest absolute Gasteiger partial charge is 0.234 e. The highest BCUT2D eigenvalue weighted by Gasteiger charge is 2.19. The predicted molar refractivity (Wildman–Crippen MR) is 133 cm³/mol. The SMILES string of the molecule is CCn1c(SCC(=O)Nc2ccc(NC(C)=O)c(C)c2)nnc1C(C)Oc1ccc(OC)cc1. The summed E-state index contributed by atoms with van der Waals surface area (Å²) in [5.41, 5.74) is 2.24. The Kier molecular flexibility index (Phi) is 8.53. The second kappa shape index (κ2) is 11.6. The molecular formula is C24H29N5O4S. The fourth-order valence-electron chi connectivity index (χ4n) is 3.31. The molecule has 0 spiro atoms. The molecule has 9 nitrogen and oxygen atoms in total. The summed E-state index contributed by atoms with van der Waals surface area (Å²) in [6.07, 6.45) is -0.325. The van der Waals surface area contributed by atoms with Gasteiger partial charge in [0.25, 0.3) is 0 Å². The molecule has 0 aliphatic rings. The van der Waals surface area contributed by atoms with Gasteiger partial charge in [-0.25, -0.2) is 0 Å². The van der Waals surface area contributed by atoms with Gasteiger partial charge >= 0.3 is 0 Å². The van der Waals surface area contributed by atoms with Crippen LogP contribution in [0.3, 0.4) is 0 Å². The summed E-state index contributed by atoms with van der Waals surface area (Å²) >= 11 is 1.31. The average Bonchev–Trinajstić information content (AvgIpc) is 3.23. The molecule has 0 aliphatic carbocycles. The second-order valence-corrected chi connectivity index (χ2v) is 8.51. The molecule has 2 amide bonds. The number of thioether (sulfide) groups is 1. The van der Waals surface area contributed by atoms with Crippen LogP contribution >= 0.6 is 11.8 Å². The van der Waals surface area contributed by atoms with E-state index in [1.165, 1.54) is 18.7 Å². The number of nitrogens with one attached hydrogen (secondary N) is 2. The Balaban J connectivity index is 1.60. The first kappa shape index (κ1) is 25.1. The van der Waals surface area contributed by atoms with Crippen LogP contribution < -0.4 is 20.1 Å². The molecule has 2 aromatic carbocycles. The van der Waals surface area contributed by atoms with E-state index >= 15 is 0 Å². The molecule has 1 unspecified atom stereocenters. The third-order valence-corrected chi connectivity index (χ3v) is 5.92. The fraction of sp³-hybridized carbons (Fsp3) is 0.333. The van der Waals surface area contributed by atoms with E-state index in [0.29, 0.717) is 29.0 Å². The highest BCUT2D eigenvalue weighted by molar-refractivity contribution is 7.99. The van der Waals surface area contributed by atoms with Gasteiger partial charge < -0.3 is 24.7 Å². The number of benzene rings is 2. The summed E-state index contributed by atoms with van der Waals surface area (Å²) in [5, 5.41) is 14.8. The highest BCUT2D eigenvalue weighted by atomic mass is 32.2. The number of carbonyl (C=O) groups excluding carboxylic acids is 2. The summed E-state index contributed by atoms with van der Waals surface area (Å²) < 4.78 is 13.1.